The zero-order valence-corrected chi connectivity index (χ0v) is 33.7. The Bertz CT molecular complexity index is 2920. The van der Waals surface area contributed by atoms with E-state index in [-0.39, 0.29) is 0 Å². The predicted molar refractivity (Wildman–Crippen MR) is 244 cm³/mol. The molecule has 14 rings (SSSR count). The molecule has 4 fully saturated rings. The second-order valence-corrected chi connectivity index (χ2v) is 18.2. The molecular weight excluding hydrogens is 729 g/mol. The Kier molecular flexibility index (Phi) is 7.41. The van der Waals surface area contributed by atoms with Crippen LogP contribution in [-0.4, -0.2) is 0 Å². The molecule has 5 aliphatic carbocycles. The fourth-order valence-electron chi connectivity index (χ4n) is 13.0. The van der Waals surface area contributed by atoms with E-state index in [1.165, 1.54) is 82.2 Å². The van der Waals surface area contributed by atoms with Crippen LogP contribution in [-0.2, 0) is 17.4 Å². The summed E-state index contributed by atoms with van der Waals surface area (Å²) in [5.41, 5.74) is 16.0. The zero-order chi connectivity index (χ0) is 39.4. The lowest BCUT2D eigenvalue weighted by atomic mass is 9.67. The number of hydrogen-bond donors (Lipinski definition) is 1. The first-order chi connectivity index (χ1) is 29.7. The fourth-order valence-corrected chi connectivity index (χ4v) is 13.0. The highest BCUT2D eigenvalue weighted by Crippen LogP contribution is 2.66. The Hall–Kier alpha value is -6.58. The van der Waals surface area contributed by atoms with Gasteiger partial charge in [-0.2, -0.15) is 0 Å². The lowest BCUT2D eigenvalue weighted by molar-refractivity contribution is 0.266. The summed E-state index contributed by atoms with van der Waals surface area (Å²) < 4.78 is 6.52. The van der Waals surface area contributed by atoms with Crippen LogP contribution in [0.15, 0.2) is 186 Å². The van der Waals surface area contributed by atoms with Crippen molar-refractivity contribution >= 4 is 28.4 Å². The Morgan fingerprint density at radius 1 is 0.533 bits per heavy atom. The number of rotatable bonds is 7. The van der Waals surface area contributed by atoms with Crippen molar-refractivity contribution in [3.05, 3.63) is 221 Å². The molecule has 2 heterocycles. The molecule has 2 unspecified atom stereocenters. The standard InChI is InChI=1S/C57H46N2O/c1-3-11-42(12-4-1)57(43-13-5-2-6-14-43)51-17-9-7-15-47(51)48-28-27-46(32-52(48)57)59(55-33-54-50(36-58-55)49-16-8-10-18-53(49)60-54)45-25-21-40(22-26-45)39-19-23-41(24-20-39)56-34-37-29-38(35-56)31-44(56)30-37/h1-28,32-33,37-38,44,58H,29-31,34-36H2. The molecule has 8 aromatic rings. The second kappa shape index (κ2) is 13.0. The van der Waals surface area contributed by atoms with Crippen LogP contribution in [0.4, 0.5) is 11.4 Å². The topological polar surface area (TPSA) is 28.4 Å². The third-order valence-electron chi connectivity index (χ3n) is 15.3. The molecule has 1 aliphatic heterocycles. The third kappa shape index (κ3) is 4.89. The summed E-state index contributed by atoms with van der Waals surface area (Å²) >= 11 is 0. The van der Waals surface area contributed by atoms with Crippen LogP contribution in [0.3, 0.4) is 0 Å². The fraction of sp³-hybridized carbons (Fsp3) is 0.193. The molecular formula is C57H46N2O. The average Bonchev–Trinajstić information content (AvgIpc) is 3.99. The van der Waals surface area contributed by atoms with Crippen molar-refractivity contribution in [3.63, 3.8) is 0 Å². The lowest BCUT2D eigenvalue weighted by Crippen LogP contribution is -2.31. The minimum atomic E-state index is -0.497. The van der Waals surface area contributed by atoms with Crippen molar-refractivity contribution in [2.24, 2.45) is 17.8 Å². The Morgan fingerprint density at radius 2 is 1.15 bits per heavy atom. The van der Waals surface area contributed by atoms with Crippen LogP contribution in [0.5, 0.6) is 0 Å². The monoisotopic (exact) mass is 774 g/mol. The normalized spacial score (nSPS) is 22.5. The second-order valence-electron chi connectivity index (χ2n) is 18.2. The Morgan fingerprint density at radius 3 is 1.88 bits per heavy atom. The molecule has 3 nitrogen and oxygen atoms in total. The Labute approximate surface area is 352 Å². The van der Waals surface area contributed by atoms with E-state index >= 15 is 0 Å². The average molecular weight is 775 g/mol. The number of hydrogen-bond acceptors (Lipinski definition) is 3. The van der Waals surface area contributed by atoms with Gasteiger partial charge in [0.15, 0.2) is 0 Å². The first kappa shape index (κ1) is 34.3. The SMILES string of the molecule is C1=C(N(c2ccc(-c3ccc(C45CC6CC(CC4C6)C5)cc3)cc2)c2ccc3c(c2)C(c2ccccc2)(c2ccccc2)c2ccccc2-3)NCc2c1oc1ccccc21. The van der Waals surface area contributed by atoms with Gasteiger partial charge in [0, 0.05) is 34.9 Å². The van der Waals surface area contributed by atoms with Gasteiger partial charge in [-0.05, 0) is 136 Å². The molecule has 3 heteroatoms. The van der Waals surface area contributed by atoms with E-state index in [1.807, 2.05) is 6.07 Å². The molecule has 0 amide bonds. The van der Waals surface area contributed by atoms with Crippen LogP contribution in [0.2, 0.25) is 0 Å². The van der Waals surface area contributed by atoms with Gasteiger partial charge >= 0.3 is 0 Å². The van der Waals surface area contributed by atoms with Gasteiger partial charge in [0.1, 0.15) is 17.2 Å². The molecule has 0 spiro atoms. The van der Waals surface area contributed by atoms with E-state index < -0.39 is 5.41 Å². The molecule has 1 aromatic heterocycles. The number of para-hydroxylation sites is 1. The minimum absolute atomic E-state index is 0.437. The lowest BCUT2D eigenvalue weighted by Gasteiger charge is -2.35. The van der Waals surface area contributed by atoms with Crippen molar-refractivity contribution < 1.29 is 4.42 Å². The number of furan rings is 1. The van der Waals surface area contributed by atoms with Crippen LogP contribution in [0.25, 0.3) is 39.3 Å². The molecule has 7 aromatic carbocycles. The molecule has 290 valence electrons. The number of fused-ring (bicyclic) bond motifs is 6. The predicted octanol–water partition coefficient (Wildman–Crippen LogP) is 13.8. The quantitative estimate of drug-likeness (QED) is 0.175. The first-order valence-electron chi connectivity index (χ1n) is 22.0. The van der Waals surface area contributed by atoms with Gasteiger partial charge in [-0.1, -0.05) is 146 Å². The van der Waals surface area contributed by atoms with Gasteiger partial charge in [0.05, 0.1) is 5.41 Å². The maximum atomic E-state index is 6.52. The summed E-state index contributed by atoms with van der Waals surface area (Å²) in [6, 6.07) is 65.5. The summed E-state index contributed by atoms with van der Waals surface area (Å²) in [6.07, 6.45) is 9.39. The third-order valence-corrected chi connectivity index (χ3v) is 15.3. The molecule has 1 N–H and O–H groups in total. The van der Waals surface area contributed by atoms with Crippen molar-refractivity contribution in [1.82, 2.24) is 5.32 Å². The highest BCUT2D eigenvalue weighted by Gasteiger charge is 2.58. The van der Waals surface area contributed by atoms with Crippen LogP contribution < -0.4 is 10.2 Å². The maximum Gasteiger partial charge on any atom is 0.136 e. The zero-order valence-electron chi connectivity index (χ0n) is 33.7. The minimum Gasteiger partial charge on any atom is -0.456 e. The van der Waals surface area contributed by atoms with Gasteiger partial charge in [-0.15, -0.1) is 0 Å². The van der Waals surface area contributed by atoms with E-state index in [4.69, 9.17) is 4.42 Å². The summed E-state index contributed by atoms with van der Waals surface area (Å²) in [4.78, 5) is 2.39. The van der Waals surface area contributed by atoms with Crippen LogP contribution >= 0.6 is 0 Å². The van der Waals surface area contributed by atoms with E-state index in [2.05, 4.69) is 186 Å². The molecule has 0 saturated heterocycles. The summed E-state index contributed by atoms with van der Waals surface area (Å²) in [7, 11) is 0. The van der Waals surface area contributed by atoms with Crippen LogP contribution in [0.1, 0.15) is 71.2 Å². The van der Waals surface area contributed by atoms with Gasteiger partial charge in [0.25, 0.3) is 0 Å². The molecule has 60 heavy (non-hydrogen) atoms. The van der Waals surface area contributed by atoms with Gasteiger partial charge < -0.3 is 9.73 Å². The van der Waals surface area contributed by atoms with E-state index in [0.29, 0.717) is 12.0 Å². The Balaban J connectivity index is 0.949. The van der Waals surface area contributed by atoms with E-state index in [0.717, 1.165) is 51.7 Å². The van der Waals surface area contributed by atoms with Crippen molar-refractivity contribution in [3.8, 4) is 22.3 Å². The van der Waals surface area contributed by atoms with Crippen molar-refractivity contribution in [2.75, 3.05) is 4.90 Å². The maximum absolute atomic E-state index is 6.52. The van der Waals surface area contributed by atoms with Crippen molar-refractivity contribution in [2.45, 2.75) is 49.5 Å². The number of benzene rings is 7. The number of anilines is 2. The van der Waals surface area contributed by atoms with Crippen molar-refractivity contribution in [1.29, 1.82) is 0 Å². The van der Waals surface area contributed by atoms with Gasteiger partial charge in [-0.3, -0.25) is 4.90 Å². The van der Waals surface area contributed by atoms with Gasteiger partial charge in [0.2, 0.25) is 0 Å². The van der Waals surface area contributed by atoms with Gasteiger partial charge in [-0.25, -0.2) is 0 Å². The van der Waals surface area contributed by atoms with E-state index in [9.17, 15) is 0 Å². The molecule has 0 radical (unpaired) electrons. The highest BCUT2D eigenvalue weighted by molar-refractivity contribution is 5.90. The molecule has 6 aliphatic rings. The highest BCUT2D eigenvalue weighted by atomic mass is 16.3. The first-order valence-corrected chi connectivity index (χ1v) is 22.0. The van der Waals surface area contributed by atoms with E-state index in [1.54, 1.807) is 5.56 Å². The number of nitrogens with one attached hydrogen (secondary N) is 1. The van der Waals surface area contributed by atoms with Crippen LogP contribution in [0, 0.1) is 17.8 Å². The molecule has 4 saturated carbocycles. The molecule has 2 atom stereocenters. The molecule has 4 bridgehead atoms. The largest absolute Gasteiger partial charge is 0.456 e. The smallest absolute Gasteiger partial charge is 0.136 e. The summed E-state index contributed by atoms with van der Waals surface area (Å²) in [5, 5.41) is 5.01. The number of nitrogens with zero attached hydrogens (tertiary/aromatic N) is 1. The summed E-state index contributed by atoms with van der Waals surface area (Å²) in [5.74, 6) is 4.71. The summed E-state index contributed by atoms with van der Waals surface area (Å²) in [6.45, 7) is 0.678.